The maximum atomic E-state index is 6.04. The molecule has 0 amide bonds. The first-order valence-corrected chi connectivity index (χ1v) is 14.9. The molecule has 0 saturated carbocycles. The van der Waals surface area contributed by atoms with Crippen LogP contribution in [0, 0.1) is 0 Å². The molecule has 5 aromatic carbocycles. The molecular weight excluding hydrogens is 560 g/mol. The molecule has 0 unspecified atom stereocenters. The predicted octanol–water partition coefficient (Wildman–Crippen LogP) is 8.49. The summed E-state index contributed by atoms with van der Waals surface area (Å²) in [6.45, 7) is 1.50. The summed E-state index contributed by atoms with van der Waals surface area (Å²) < 4.78 is 23.3. The topological polar surface area (TPSA) is 52.5 Å². The van der Waals surface area contributed by atoms with Gasteiger partial charge in [0, 0.05) is 29.3 Å². The van der Waals surface area contributed by atoms with Gasteiger partial charge in [-0.2, -0.15) is 0 Å². The fourth-order valence-electron chi connectivity index (χ4n) is 6.29. The van der Waals surface area contributed by atoms with Gasteiger partial charge in [-0.3, -0.25) is 4.99 Å². The summed E-state index contributed by atoms with van der Waals surface area (Å²) >= 11 is 0. The molecule has 2 aliphatic heterocycles. The van der Waals surface area contributed by atoms with Crippen LogP contribution >= 0.6 is 0 Å². The van der Waals surface area contributed by atoms with E-state index in [1.165, 1.54) is 0 Å². The third-order valence-electron chi connectivity index (χ3n) is 8.45. The molecule has 0 radical (unpaired) electrons. The number of hydrogen-bond donors (Lipinski definition) is 0. The van der Waals surface area contributed by atoms with Crippen molar-refractivity contribution in [1.29, 1.82) is 0 Å². The first kappa shape index (κ1) is 28.3. The summed E-state index contributed by atoms with van der Waals surface area (Å²) in [4.78, 5) is 7.21. The lowest BCUT2D eigenvalue weighted by molar-refractivity contribution is 0.355. The van der Waals surface area contributed by atoms with Crippen LogP contribution in [0.4, 0.5) is 5.69 Å². The van der Waals surface area contributed by atoms with Crippen LogP contribution in [-0.4, -0.2) is 47.4 Å². The second kappa shape index (κ2) is 11.9. The highest BCUT2D eigenvalue weighted by Crippen LogP contribution is 2.46. The van der Waals surface area contributed by atoms with E-state index in [4.69, 9.17) is 23.9 Å². The number of nitrogens with zero attached hydrogens (tertiary/aromatic N) is 2. The minimum Gasteiger partial charge on any atom is -0.493 e. The molecule has 2 heterocycles. The van der Waals surface area contributed by atoms with Gasteiger partial charge >= 0.3 is 0 Å². The number of benzene rings is 5. The molecule has 6 heteroatoms. The Morgan fingerprint density at radius 1 is 0.556 bits per heavy atom. The smallest absolute Gasteiger partial charge is 0.168 e. The van der Waals surface area contributed by atoms with Gasteiger partial charge in [0.1, 0.15) is 5.84 Å². The van der Waals surface area contributed by atoms with E-state index in [9.17, 15) is 0 Å². The van der Waals surface area contributed by atoms with Crippen molar-refractivity contribution < 1.29 is 18.9 Å². The zero-order valence-electron chi connectivity index (χ0n) is 25.8. The molecule has 2 aliphatic rings. The molecule has 0 bridgehead atoms. The van der Waals surface area contributed by atoms with Gasteiger partial charge < -0.3 is 23.8 Å². The van der Waals surface area contributed by atoms with Gasteiger partial charge in [-0.25, -0.2) is 0 Å². The molecule has 6 nitrogen and oxygen atoms in total. The standard InChI is InChI=1S/C39H34N2O4/c1-42-35-23-31-21-33(39-40-15-16-41(39)34(31)24-36(35)43-2)30-20-32(38(45-4)37(22-30)44-3)29-18-27(25-11-7-5-8-12-25)17-28(19-29)26-13-9-6-10-14-26/h5-14,17-24H,15-16H2,1-4H3. The van der Waals surface area contributed by atoms with Crippen molar-refractivity contribution in [2.45, 2.75) is 0 Å². The molecule has 224 valence electrons. The Balaban J connectivity index is 1.45. The van der Waals surface area contributed by atoms with Crippen LogP contribution in [0.15, 0.2) is 108 Å². The molecular formula is C39H34N2O4. The molecule has 45 heavy (non-hydrogen) atoms. The quantitative estimate of drug-likeness (QED) is 0.180. The zero-order valence-corrected chi connectivity index (χ0v) is 25.8. The Bertz CT molecular complexity index is 1890. The van der Waals surface area contributed by atoms with Gasteiger partial charge in [0.2, 0.25) is 0 Å². The highest BCUT2D eigenvalue weighted by atomic mass is 16.5. The number of ether oxygens (including phenoxy) is 4. The van der Waals surface area contributed by atoms with E-state index in [0.29, 0.717) is 29.5 Å². The summed E-state index contributed by atoms with van der Waals surface area (Å²) in [6, 6.07) is 35.9. The highest BCUT2D eigenvalue weighted by molar-refractivity contribution is 6.36. The zero-order chi connectivity index (χ0) is 30.9. The van der Waals surface area contributed by atoms with Gasteiger partial charge in [-0.15, -0.1) is 0 Å². The second-order valence-corrected chi connectivity index (χ2v) is 11.0. The maximum Gasteiger partial charge on any atom is 0.168 e. The Hall–Kier alpha value is -5.49. The number of rotatable bonds is 8. The van der Waals surface area contributed by atoms with Crippen LogP contribution in [0.3, 0.4) is 0 Å². The molecule has 0 aliphatic carbocycles. The van der Waals surface area contributed by atoms with Gasteiger partial charge in [0.15, 0.2) is 23.0 Å². The first-order chi connectivity index (χ1) is 22.1. The normalized spacial score (nSPS) is 13.4. The minimum absolute atomic E-state index is 0.653. The number of fused-ring (bicyclic) bond motifs is 3. The average molecular weight is 595 g/mol. The monoisotopic (exact) mass is 594 g/mol. The van der Waals surface area contributed by atoms with Crippen LogP contribution < -0.4 is 23.8 Å². The molecule has 0 atom stereocenters. The molecule has 5 aromatic rings. The van der Waals surface area contributed by atoms with Crippen LogP contribution in [0.2, 0.25) is 0 Å². The van der Waals surface area contributed by atoms with E-state index in [1.807, 2.05) is 30.3 Å². The summed E-state index contributed by atoms with van der Waals surface area (Å²) in [6.07, 6.45) is 2.18. The molecule has 0 N–H and O–H groups in total. The van der Waals surface area contributed by atoms with Gasteiger partial charge in [-0.05, 0) is 75.9 Å². The van der Waals surface area contributed by atoms with Crippen molar-refractivity contribution in [1.82, 2.24) is 0 Å². The Kier molecular flexibility index (Phi) is 7.47. The lowest BCUT2D eigenvalue weighted by atomic mass is 9.90. The number of aliphatic imine (C=N–C) groups is 1. The fourth-order valence-corrected chi connectivity index (χ4v) is 6.29. The van der Waals surface area contributed by atoms with Crippen LogP contribution in [0.5, 0.6) is 23.0 Å². The minimum atomic E-state index is 0.653. The summed E-state index contributed by atoms with van der Waals surface area (Å²) in [5.74, 6) is 3.64. The molecule has 0 spiro atoms. The fraction of sp³-hybridized carbons (Fsp3) is 0.154. The molecule has 0 aromatic heterocycles. The average Bonchev–Trinajstić information content (AvgIpc) is 3.61. The number of amidine groups is 1. The van der Waals surface area contributed by atoms with Gasteiger partial charge in [-0.1, -0.05) is 60.7 Å². The van der Waals surface area contributed by atoms with Crippen LogP contribution in [0.25, 0.3) is 45.0 Å². The molecule has 0 saturated heterocycles. The lowest BCUT2D eigenvalue weighted by Gasteiger charge is -2.30. The highest BCUT2D eigenvalue weighted by Gasteiger charge is 2.31. The van der Waals surface area contributed by atoms with Crippen molar-refractivity contribution in [3.63, 3.8) is 0 Å². The number of hydrogen-bond acceptors (Lipinski definition) is 6. The lowest BCUT2D eigenvalue weighted by Crippen LogP contribution is -2.31. The van der Waals surface area contributed by atoms with E-state index in [1.54, 1.807) is 28.4 Å². The number of anilines is 1. The maximum absolute atomic E-state index is 6.04. The summed E-state index contributed by atoms with van der Waals surface area (Å²) in [5.41, 5.74) is 10.6. The number of methoxy groups -OCH3 is 4. The second-order valence-electron chi connectivity index (χ2n) is 11.0. The Labute approximate surface area is 263 Å². The van der Waals surface area contributed by atoms with Crippen LogP contribution in [-0.2, 0) is 0 Å². The van der Waals surface area contributed by atoms with E-state index in [0.717, 1.165) is 68.1 Å². The SMILES string of the molecule is COc1cc2c(cc1OC)N1CCN=C1C(c1cc(OC)c(OC)c(-c3cc(-c4ccccc4)cc(-c4ccccc4)c3)c1)=C2. The first-order valence-electron chi connectivity index (χ1n) is 14.9. The summed E-state index contributed by atoms with van der Waals surface area (Å²) in [5, 5.41) is 0. The van der Waals surface area contributed by atoms with Crippen molar-refractivity contribution >= 4 is 23.2 Å². The van der Waals surface area contributed by atoms with Gasteiger partial charge in [0.25, 0.3) is 0 Å². The van der Waals surface area contributed by atoms with Crippen LogP contribution in [0.1, 0.15) is 11.1 Å². The van der Waals surface area contributed by atoms with E-state index >= 15 is 0 Å². The third-order valence-corrected chi connectivity index (χ3v) is 8.45. The van der Waals surface area contributed by atoms with Crippen molar-refractivity contribution in [2.24, 2.45) is 4.99 Å². The summed E-state index contributed by atoms with van der Waals surface area (Å²) in [7, 11) is 6.70. The Morgan fingerprint density at radius 2 is 1.16 bits per heavy atom. The third kappa shape index (κ3) is 5.08. The van der Waals surface area contributed by atoms with E-state index < -0.39 is 0 Å². The van der Waals surface area contributed by atoms with Crippen molar-refractivity contribution in [3.05, 3.63) is 114 Å². The predicted molar refractivity (Wildman–Crippen MR) is 183 cm³/mol. The largest absolute Gasteiger partial charge is 0.493 e. The Morgan fingerprint density at radius 3 is 1.76 bits per heavy atom. The van der Waals surface area contributed by atoms with E-state index in [-0.39, 0.29) is 0 Å². The molecule has 7 rings (SSSR count). The van der Waals surface area contributed by atoms with Gasteiger partial charge in [0.05, 0.1) is 40.7 Å². The van der Waals surface area contributed by atoms with Crippen molar-refractivity contribution in [3.8, 4) is 56.4 Å². The van der Waals surface area contributed by atoms with E-state index in [2.05, 4.69) is 83.8 Å². The van der Waals surface area contributed by atoms with Crippen molar-refractivity contribution in [2.75, 3.05) is 46.4 Å². The molecule has 0 fully saturated rings.